The standard InChI is InChI=1S/C16H16BrN3O/c1-9-6-11(7-10(2)15(9)17)20-14-8-12(21-3)4-5-13(14)19-16(20)18/h4-8H,1-3H3,(H2,18,19). The number of nitrogen functional groups attached to an aromatic ring is 1. The van der Waals surface area contributed by atoms with Gasteiger partial charge in [0.05, 0.1) is 18.1 Å². The van der Waals surface area contributed by atoms with E-state index >= 15 is 0 Å². The lowest BCUT2D eigenvalue weighted by atomic mass is 10.1. The summed E-state index contributed by atoms with van der Waals surface area (Å²) in [5, 5.41) is 0. The van der Waals surface area contributed by atoms with Crippen LogP contribution < -0.4 is 10.5 Å². The average molecular weight is 346 g/mol. The molecule has 3 rings (SSSR count). The van der Waals surface area contributed by atoms with Crippen LogP contribution in [0.1, 0.15) is 11.1 Å². The number of anilines is 1. The fraction of sp³-hybridized carbons (Fsp3) is 0.188. The van der Waals surface area contributed by atoms with Crippen molar-refractivity contribution in [3.8, 4) is 11.4 Å². The minimum Gasteiger partial charge on any atom is -0.497 e. The topological polar surface area (TPSA) is 53.1 Å². The van der Waals surface area contributed by atoms with Gasteiger partial charge < -0.3 is 10.5 Å². The number of aryl methyl sites for hydroxylation is 2. The van der Waals surface area contributed by atoms with Gasteiger partial charge in [-0.2, -0.15) is 0 Å². The molecule has 0 atom stereocenters. The number of fused-ring (bicyclic) bond motifs is 1. The smallest absolute Gasteiger partial charge is 0.205 e. The molecule has 1 heterocycles. The fourth-order valence-electron chi connectivity index (χ4n) is 2.52. The van der Waals surface area contributed by atoms with Crippen molar-refractivity contribution in [2.24, 2.45) is 0 Å². The van der Waals surface area contributed by atoms with Crippen molar-refractivity contribution in [2.75, 3.05) is 12.8 Å². The number of rotatable bonds is 2. The highest BCUT2D eigenvalue weighted by Crippen LogP contribution is 2.30. The van der Waals surface area contributed by atoms with Crippen molar-refractivity contribution >= 4 is 32.9 Å². The maximum atomic E-state index is 6.11. The van der Waals surface area contributed by atoms with Gasteiger partial charge in [-0.15, -0.1) is 0 Å². The summed E-state index contributed by atoms with van der Waals surface area (Å²) in [6, 6.07) is 9.93. The molecule has 21 heavy (non-hydrogen) atoms. The van der Waals surface area contributed by atoms with E-state index in [1.165, 1.54) is 0 Å². The molecule has 3 aromatic rings. The zero-order chi connectivity index (χ0) is 15.1. The van der Waals surface area contributed by atoms with Gasteiger partial charge in [-0.25, -0.2) is 4.98 Å². The van der Waals surface area contributed by atoms with Crippen LogP contribution in [0.3, 0.4) is 0 Å². The van der Waals surface area contributed by atoms with Crippen LogP contribution in [0.4, 0.5) is 5.95 Å². The average Bonchev–Trinajstić information content (AvgIpc) is 2.79. The lowest BCUT2D eigenvalue weighted by Gasteiger charge is -2.11. The number of nitrogens with zero attached hydrogens (tertiary/aromatic N) is 2. The monoisotopic (exact) mass is 345 g/mol. The number of hydrogen-bond acceptors (Lipinski definition) is 3. The quantitative estimate of drug-likeness (QED) is 0.763. The van der Waals surface area contributed by atoms with Crippen LogP contribution in [-0.4, -0.2) is 16.7 Å². The first-order valence-electron chi connectivity index (χ1n) is 6.60. The molecule has 2 aromatic carbocycles. The fourth-order valence-corrected chi connectivity index (χ4v) is 2.75. The number of ether oxygens (including phenoxy) is 1. The SMILES string of the molecule is COc1ccc2nc(N)n(-c3cc(C)c(Br)c(C)c3)c2c1. The van der Waals surface area contributed by atoms with Gasteiger partial charge in [-0.3, -0.25) is 4.57 Å². The molecule has 0 unspecified atom stereocenters. The van der Waals surface area contributed by atoms with E-state index in [1.54, 1.807) is 7.11 Å². The number of nitrogens with two attached hydrogens (primary N) is 1. The third-order valence-electron chi connectivity index (χ3n) is 3.57. The third kappa shape index (κ3) is 2.27. The summed E-state index contributed by atoms with van der Waals surface area (Å²) in [4.78, 5) is 4.42. The third-order valence-corrected chi connectivity index (χ3v) is 4.82. The van der Waals surface area contributed by atoms with Gasteiger partial charge in [0.25, 0.3) is 0 Å². The van der Waals surface area contributed by atoms with E-state index in [4.69, 9.17) is 10.5 Å². The Hall–Kier alpha value is -2.01. The Kier molecular flexibility index (Phi) is 3.37. The molecule has 108 valence electrons. The molecule has 0 spiro atoms. The summed E-state index contributed by atoms with van der Waals surface area (Å²) in [5.41, 5.74) is 11.2. The Bertz CT molecular complexity index is 816. The van der Waals surface area contributed by atoms with Crippen molar-refractivity contribution in [1.82, 2.24) is 9.55 Å². The molecule has 0 bridgehead atoms. The van der Waals surface area contributed by atoms with Gasteiger partial charge in [0.2, 0.25) is 5.95 Å². The Morgan fingerprint density at radius 3 is 2.43 bits per heavy atom. The predicted octanol–water partition coefficient (Wildman–Crippen LogP) is 4.00. The summed E-state index contributed by atoms with van der Waals surface area (Å²) < 4.78 is 8.37. The second-order valence-electron chi connectivity index (χ2n) is 5.05. The van der Waals surface area contributed by atoms with Crippen LogP contribution in [0.25, 0.3) is 16.7 Å². The molecular formula is C16H16BrN3O. The molecule has 1 aromatic heterocycles. The van der Waals surface area contributed by atoms with Crippen molar-refractivity contribution in [3.63, 3.8) is 0 Å². The van der Waals surface area contributed by atoms with E-state index in [-0.39, 0.29) is 0 Å². The van der Waals surface area contributed by atoms with Crippen molar-refractivity contribution in [3.05, 3.63) is 45.9 Å². The molecular weight excluding hydrogens is 330 g/mol. The van der Waals surface area contributed by atoms with Crippen LogP contribution in [0.15, 0.2) is 34.8 Å². The largest absolute Gasteiger partial charge is 0.497 e. The zero-order valence-corrected chi connectivity index (χ0v) is 13.7. The molecule has 4 nitrogen and oxygen atoms in total. The summed E-state index contributed by atoms with van der Waals surface area (Å²) in [6.45, 7) is 4.13. The van der Waals surface area contributed by atoms with Crippen LogP contribution in [0.2, 0.25) is 0 Å². The second-order valence-corrected chi connectivity index (χ2v) is 5.85. The van der Waals surface area contributed by atoms with Crippen LogP contribution >= 0.6 is 15.9 Å². The van der Waals surface area contributed by atoms with Crippen molar-refractivity contribution < 1.29 is 4.74 Å². The van der Waals surface area contributed by atoms with Gasteiger partial charge >= 0.3 is 0 Å². The highest BCUT2D eigenvalue weighted by Gasteiger charge is 2.13. The van der Waals surface area contributed by atoms with E-state index in [0.717, 1.165) is 38.1 Å². The number of hydrogen-bond donors (Lipinski definition) is 1. The number of aromatic nitrogens is 2. The Morgan fingerprint density at radius 1 is 1.14 bits per heavy atom. The normalized spacial score (nSPS) is 11.0. The molecule has 0 aliphatic rings. The molecule has 0 fully saturated rings. The molecule has 2 N–H and O–H groups in total. The number of benzene rings is 2. The van der Waals surface area contributed by atoms with Gasteiger partial charge in [0.1, 0.15) is 5.75 Å². The molecule has 0 radical (unpaired) electrons. The van der Waals surface area contributed by atoms with Crippen molar-refractivity contribution in [2.45, 2.75) is 13.8 Å². The van der Waals surface area contributed by atoms with E-state index in [9.17, 15) is 0 Å². The van der Waals surface area contributed by atoms with Crippen LogP contribution in [0, 0.1) is 13.8 Å². The molecule has 0 amide bonds. The van der Waals surface area contributed by atoms with Crippen LogP contribution in [-0.2, 0) is 0 Å². The Balaban J connectivity index is 2.31. The van der Waals surface area contributed by atoms with E-state index < -0.39 is 0 Å². The number of halogens is 1. The summed E-state index contributed by atoms with van der Waals surface area (Å²) in [7, 11) is 1.65. The van der Waals surface area contributed by atoms with Crippen molar-refractivity contribution in [1.29, 1.82) is 0 Å². The molecule has 0 saturated carbocycles. The molecule has 0 aliphatic heterocycles. The Morgan fingerprint density at radius 2 is 1.81 bits per heavy atom. The van der Waals surface area contributed by atoms with E-state index in [0.29, 0.717) is 5.95 Å². The Labute approximate surface area is 131 Å². The van der Waals surface area contributed by atoms with Gasteiger partial charge in [-0.05, 0) is 49.2 Å². The van der Waals surface area contributed by atoms with E-state index in [2.05, 4.69) is 46.9 Å². The summed E-state index contributed by atoms with van der Waals surface area (Å²) in [6.07, 6.45) is 0. The molecule has 5 heteroatoms. The maximum Gasteiger partial charge on any atom is 0.205 e. The van der Waals surface area contributed by atoms with Gasteiger partial charge in [0.15, 0.2) is 0 Å². The lowest BCUT2D eigenvalue weighted by molar-refractivity contribution is 0.415. The highest BCUT2D eigenvalue weighted by molar-refractivity contribution is 9.10. The number of imidazole rings is 1. The number of methoxy groups -OCH3 is 1. The maximum absolute atomic E-state index is 6.11. The highest BCUT2D eigenvalue weighted by atomic mass is 79.9. The first-order valence-corrected chi connectivity index (χ1v) is 7.39. The van der Waals surface area contributed by atoms with Gasteiger partial charge in [-0.1, -0.05) is 15.9 Å². The van der Waals surface area contributed by atoms with E-state index in [1.807, 2.05) is 22.8 Å². The minimum atomic E-state index is 0.472. The zero-order valence-electron chi connectivity index (χ0n) is 12.1. The lowest BCUT2D eigenvalue weighted by Crippen LogP contribution is -2.02. The first-order chi connectivity index (χ1) is 10.0. The molecule has 0 aliphatic carbocycles. The minimum absolute atomic E-state index is 0.472. The van der Waals surface area contributed by atoms with Gasteiger partial charge in [0, 0.05) is 16.2 Å². The first kappa shape index (κ1) is 13.9. The predicted molar refractivity (Wildman–Crippen MR) is 89.2 cm³/mol. The summed E-state index contributed by atoms with van der Waals surface area (Å²) in [5.74, 6) is 1.26. The summed E-state index contributed by atoms with van der Waals surface area (Å²) >= 11 is 3.59. The molecule has 0 saturated heterocycles. The van der Waals surface area contributed by atoms with Crippen LogP contribution in [0.5, 0.6) is 5.75 Å². The second kappa shape index (κ2) is 5.07.